The molecule has 0 spiro atoms. The van der Waals surface area contributed by atoms with Gasteiger partial charge in [-0.3, -0.25) is 4.79 Å². The van der Waals surface area contributed by atoms with Gasteiger partial charge in [0.2, 0.25) is 0 Å². The molecular formula is C29H29NOS. The third-order valence-corrected chi connectivity index (χ3v) is 6.77. The van der Waals surface area contributed by atoms with E-state index in [0.717, 1.165) is 33.1 Å². The minimum atomic E-state index is 0.211. The van der Waals surface area contributed by atoms with E-state index in [1.165, 1.54) is 16.7 Å². The Morgan fingerprint density at radius 3 is 2.41 bits per heavy atom. The fraction of sp³-hybridized carbons (Fsp3) is 0.207. The molecule has 1 N–H and O–H groups in total. The lowest BCUT2D eigenvalue weighted by Gasteiger charge is -2.11. The monoisotopic (exact) mass is 439 g/mol. The molecule has 4 aromatic rings. The fourth-order valence-electron chi connectivity index (χ4n) is 3.78. The quantitative estimate of drug-likeness (QED) is 0.279. The number of benzene rings is 3. The lowest BCUT2D eigenvalue weighted by Crippen LogP contribution is -1.98. The Morgan fingerprint density at radius 1 is 0.875 bits per heavy atom. The van der Waals surface area contributed by atoms with Crippen molar-refractivity contribution < 1.29 is 4.79 Å². The van der Waals surface area contributed by atoms with Gasteiger partial charge in [-0.15, -0.1) is 11.3 Å². The molecule has 0 aliphatic rings. The lowest BCUT2D eigenvalue weighted by atomic mass is 10.0. The minimum absolute atomic E-state index is 0.211. The molecule has 0 unspecified atom stereocenters. The van der Waals surface area contributed by atoms with E-state index >= 15 is 0 Å². The van der Waals surface area contributed by atoms with Gasteiger partial charge in [-0.25, -0.2) is 0 Å². The van der Waals surface area contributed by atoms with Crippen molar-refractivity contribution in [1.29, 1.82) is 0 Å². The number of hydrogen-bond acceptors (Lipinski definition) is 3. The highest BCUT2D eigenvalue weighted by molar-refractivity contribution is 7.17. The predicted octanol–water partition coefficient (Wildman–Crippen LogP) is 8.41. The van der Waals surface area contributed by atoms with E-state index in [1.54, 1.807) is 11.3 Å². The van der Waals surface area contributed by atoms with E-state index in [-0.39, 0.29) is 5.78 Å². The summed E-state index contributed by atoms with van der Waals surface area (Å²) in [7, 11) is 0. The Morgan fingerprint density at radius 2 is 1.62 bits per heavy atom. The predicted molar refractivity (Wildman–Crippen MR) is 137 cm³/mol. The summed E-state index contributed by atoms with van der Waals surface area (Å²) in [5.41, 5.74) is 7.03. The van der Waals surface area contributed by atoms with E-state index in [4.69, 9.17) is 0 Å². The molecule has 4 rings (SSSR count). The standard InChI is InChI=1S/C29H29NOS/c1-20(2)23-9-5-11-25(18-23)30-26-12-6-10-24(19-26)28-15-16-29(32-28)27(31)14-13-22-8-4-7-21(3)17-22/h4-12,15-20,30H,13-14H2,1-3H3. The Balaban J connectivity index is 1.45. The number of aryl methyl sites for hydroxylation is 2. The topological polar surface area (TPSA) is 29.1 Å². The normalized spacial score (nSPS) is 11.0. The van der Waals surface area contributed by atoms with Crippen LogP contribution in [0.3, 0.4) is 0 Å². The molecule has 0 aliphatic heterocycles. The van der Waals surface area contributed by atoms with Crippen LogP contribution < -0.4 is 5.32 Å². The Kier molecular flexibility index (Phi) is 6.87. The van der Waals surface area contributed by atoms with Crippen molar-refractivity contribution in [2.75, 3.05) is 5.32 Å². The lowest BCUT2D eigenvalue weighted by molar-refractivity contribution is 0.0986. The van der Waals surface area contributed by atoms with Crippen LogP contribution in [0, 0.1) is 6.92 Å². The van der Waals surface area contributed by atoms with Gasteiger partial charge in [0.25, 0.3) is 0 Å². The van der Waals surface area contributed by atoms with Crippen LogP contribution in [-0.4, -0.2) is 5.78 Å². The molecule has 1 heterocycles. The first-order chi connectivity index (χ1) is 15.5. The summed E-state index contributed by atoms with van der Waals surface area (Å²) < 4.78 is 0. The number of Topliss-reactive ketones (excluding diaryl/α,β-unsaturated/α-hetero) is 1. The van der Waals surface area contributed by atoms with Crippen LogP contribution in [-0.2, 0) is 6.42 Å². The number of anilines is 2. The number of hydrogen-bond donors (Lipinski definition) is 1. The van der Waals surface area contributed by atoms with Gasteiger partial charge < -0.3 is 5.32 Å². The second-order valence-corrected chi connectivity index (χ2v) is 9.65. The van der Waals surface area contributed by atoms with Crippen LogP contribution >= 0.6 is 11.3 Å². The molecule has 0 fully saturated rings. The van der Waals surface area contributed by atoms with Gasteiger partial charge in [0.05, 0.1) is 4.88 Å². The summed E-state index contributed by atoms with van der Waals surface area (Å²) in [6.45, 7) is 6.49. The molecule has 0 atom stereocenters. The van der Waals surface area contributed by atoms with E-state index in [9.17, 15) is 4.79 Å². The van der Waals surface area contributed by atoms with Crippen LogP contribution in [0.15, 0.2) is 84.9 Å². The number of ketones is 1. The minimum Gasteiger partial charge on any atom is -0.356 e. The number of carbonyl (C=O) groups is 1. The Labute approximate surface area is 195 Å². The first-order valence-electron chi connectivity index (χ1n) is 11.1. The van der Waals surface area contributed by atoms with Crippen molar-refractivity contribution in [3.05, 3.63) is 106 Å². The van der Waals surface area contributed by atoms with E-state index in [1.807, 2.05) is 6.07 Å². The molecule has 3 aromatic carbocycles. The maximum Gasteiger partial charge on any atom is 0.173 e. The molecule has 3 heteroatoms. The fourth-order valence-corrected chi connectivity index (χ4v) is 4.75. The van der Waals surface area contributed by atoms with Gasteiger partial charge in [0.1, 0.15) is 0 Å². The molecule has 2 nitrogen and oxygen atoms in total. The molecule has 162 valence electrons. The van der Waals surface area contributed by atoms with Gasteiger partial charge in [-0.2, -0.15) is 0 Å². The largest absolute Gasteiger partial charge is 0.356 e. The van der Waals surface area contributed by atoms with Crippen LogP contribution in [0.2, 0.25) is 0 Å². The number of carbonyl (C=O) groups excluding carboxylic acids is 1. The van der Waals surface area contributed by atoms with Gasteiger partial charge in [-0.1, -0.05) is 67.9 Å². The van der Waals surface area contributed by atoms with Crippen LogP contribution in [0.25, 0.3) is 10.4 Å². The number of rotatable bonds is 8. The van der Waals surface area contributed by atoms with Crippen LogP contribution in [0.1, 0.15) is 52.5 Å². The number of nitrogens with one attached hydrogen (secondary N) is 1. The molecule has 1 aromatic heterocycles. The van der Waals surface area contributed by atoms with Crippen LogP contribution in [0.4, 0.5) is 11.4 Å². The molecule has 0 bridgehead atoms. The summed E-state index contributed by atoms with van der Waals surface area (Å²) in [5.74, 6) is 0.707. The molecule has 0 saturated carbocycles. The van der Waals surface area contributed by atoms with E-state index in [0.29, 0.717) is 12.3 Å². The summed E-state index contributed by atoms with van der Waals surface area (Å²) in [5, 5.41) is 3.52. The van der Waals surface area contributed by atoms with Gasteiger partial charge in [0.15, 0.2) is 5.78 Å². The number of thiophene rings is 1. The van der Waals surface area contributed by atoms with Crippen molar-refractivity contribution in [2.45, 2.75) is 39.5 Å². The third kappa shape index (κ3) is 5.54. The molecule has 0 aliphatic carbocycles. The Bertz CT molecular complexity index is 1220. The Hall–Kier alpha value is -3.17. The highest BCUT2D eigenvalue weighted by Gasteiger charge is 2.11. The van der Waals surface area contributed by atoms with Crippen molar-refractivity contribution in [2.24, 2.45) is 0 Å². The van der Waals surface area contributed by atoms with Crippen molar-refractivity contribution >= 4 is 28.5 Å². The third-order valence-electron chi connectivity index (χ3n) is 5.59. The average molecular weight is 440 g/mol. The van der Waals surface area contributed by atoms with E-state index < -0.39 is 0 Å². The van der Waals surface area contributed by atoms with Gasteiger partial charge >= 0.3 is 0 Å². The SMILES string of the molecule is Cc1cccc(CCC(=O)c2ccc(-c3cccc(Nc4cccc(C(C)C)c4)c3)s2)c1. The van der Waals surface area contributed by atoms with Crippen molar-refractivity contribution in [1.82, 2.24) is 0 Å². The molecule has 0 radical (unpaired) electrons. The summed E-state index contributed by atoms with van der Waals surface area (Å²) >= 11 is 1.58. The van der Waals surface area contributed by atoms with Gasteiger partial charge in [-0.05, 0) is 72.4 Å². The summed E-state index contributed by atoms with van der Waals surface area (Å²) in [6, 6.07) is 29.3. The summed E-state index contributed by atoms with van der Waals surface area (Å²) in [6.07, 6.45) is 1.32. The second-order valence-electron chi connectivity index (χ2n) is 8.56. The van der Waals surface area contributed by atoms with Crippen LogP contribution in [0.5, 0.6) is 0 Å². The first kappa shape index (κ1) is 22.0. The highest BCUT2D eigenvalue weighted by Crippen LogP contribution is 2.31. The highest BCUT2D eigenvalue weighted by atomic mass is 32.1. The van der Waals surface area contributed by atoms with Crippen molar-refractivity contribution in [3.8, 4) is 10.4 Å². The second kappa shape index (κ2) is 9.97. The zero-order chi connectivity index (χ0) is 22.5. The maximum atomic E-state index is 12.7. The maximum absolute atomic E-state index is 12.7. The summed E-state index contributed by atoms with van der Waals surface area (Å²) in [4.78, 5) is 14.7. The van der Waals surface area contributed by atoms with Gasteiger partial charge in [0, 0.05) is 22.7 Å². The zero-order valence-corrected chi connectivity index (χ0v) is 19.7. The molecule has 0 amide bonds. The van der Waals surface area contributed by atoms with Crippen molar-refractivity contribution in [3.63, 3.8) is 0 Å². The zero-order valence-electron chi connectivity index (χ0n) is 18.9. The van der Waals surface area contributed by atoms with E-state index in [2.05, 4.69) is 105 Å². The average Bonchev–Trinajstić information content (AvgIpc) is 3.28. The molecular weight excluding hydrogens is 410 g/mol. The smallest absolute Gasteiger partial charge is 0.173 e. The molecule has 32 heavy (non-hydrogen) atoms. The molecule has 0 saturated heterocycles. The first-order valence-corrected chi connectivity index (χ1v) is 12.0.